The standard InChI is InChI=1S/C15H16BrN3O/c1-19(10-8-11-5-2-3-9-18-11)15(20)12-6-4-7-13(17)14(12)16/h2-7,9H,8,10,17H2,1H3. The van der Waals surface area contributed by atoms with E-state index >= 15 is 0 Å². The number of carbonyl (C=O) groups is 1. The summed E-state index contributed by atoms with van der Waals surface area (Å²) in [6, 6.07) is 11.1. The average Bonchev–Trinajstić information content (AvgIpc) is 2.48. The van der Waals surface area contributed by atoms with Gasteiger partial charge >= 0.3 is 0 Å². The molecule has 5 heteroatoms. The molecule has 2 N–H and O–H groups in total. The van der Waals surface area contributed by atoms with Gasteiger partial charge in [-0.25, -0.2) is 0 Å². The van der Waals surface area contributed by atoms with Crippen LogP contribution in [0.4, 0.5) is 5.69 Å². The van der Waals surface area contributed by atoms with Crippen molar-refractivity contribution in [2.24, 2.45) is 0 Å². The van der Waals surface area contributed by atoms with Crippen molar-refractivity contribution in [2.45, 2.75) is 6.42 Å². The number of nitrogens with two attached hydrogens (primary N) is 1. The van der Waals surface area contributed by atoms with Gasteiger partial charge in [-0.3, -0.25) is 9.78 Å². The number of nitrogens with zero attached hydrogens (tertiary/aromatic N) is 2. The summed E-state index contributed by atoms with van der Waals surface area (Å²) in [6.07, 6.45) is 2.48. The normalized spacial score (nSPS) is 10.3. The molecule has 2 aromatic rings. The molecule has 0 atom stereocenters. The summed E-state index contributed by atoms with van der Waals surface area (Å²) in [5, 5.41) is 0. The van der Waals surface area contributed by atoms with Gasteiger partial charge in [-0.1, -0.05) is 12.1 Å². The van der Waals surface area contributed by atoms with Crippen molar-refractivity contribution >= 4 is 27.5 Å². The Hall–Kier alpha value is -1.88. The molecule has 1 amide bonds. The average molecular weight is 334 g/mol. The second kappa shape index (κ2) is 6.52. The number of hydrogen-bond donors (Lipinski definition) is 1. The van der Waals surface area contributed by atoms with E-state index < -0.39 is 0 Å². The quantitative estimate of drug-likeness (QED) is 0.875. The first kappa shape index (κ1) is 14.5. The van der Waals surface area contributed by atoms with Crippen LogP contribution in [0.15, 0.2) is 47.1 Å². The Morgan fingerprint density at radius 3 is 2.80 bits per heavy atom. The fraction of sp³-hybridized carbons (Fsp3) is 0.200. The Labute approximate surface area is 126 Å². The second-order valence-corrected chi connectivity index (χ2v) is 5.30. The zero-order valence-corrected chi connectivity index (χ0v) is 12.8. The summed E-state index contributed by atoms with van der Waals surface area (Å²) in [4.78, 5) is 18.3. The summed E-state index contributed by atoms with van der Waals surface area (Å²) in [6.45, 7) is 0.608. The Balaban J connectivity index is 2.04. The predicted octanol–water partition coefficient (Wildman–Crippen LogP) is 2.74. The minimum Gasteiger partial charge on any atom is -0.398 e. The van der Waals surface area contributed by atoms with Crippen LogP contribution in [-0.2, 0) is 6.42 Å². The summed E-state index contributed by atoms with van der Waals surface area (Å²) < 4.78 is 0.648. The number of amides is 1. The third kappa shape index (κ3) is 3.36. The first-order valence-electron chi connectivity index (χ1n) is 6.29. The van der Waals surface area contributed by atoms with Crippen LogP contribution in [-0.4, -0.2) is 29.4 Å². The molecule has 104 valence electrons. The topological polar surface area (TPSA) is 59.2 Å². The van der Waals surface area contributed by atoms with E-state index in [4.69, 9.17) is 5.73 Å². The molecule has 20 heavy (non-hydrogen) atoms. The molecule has 0 saturated carbocycles. The molecule has 0 unspecified atom stereocenters. The number of hydrogen-bond acceptors (Lipinski definition) is 3. The molecule has 4 nitrogen and oxygen atoms in total. The van der Waals surface area contributed by atoms with Gasteiger partial charge < -0.3 is 10.6 Å². The van der Waals surface area contributed by atoms with Gasteiger partial charge in [-0.05, 0) is 40.2 Å². The lowest BCUT2D eigenvalue weighted by Gasteiger charge is -2.18. The highest BCUT2D eigenvalue weighted by molar-refractivity contribution is 9.10. The van der Waals surface area contributed by atoms with E-state index in [1.807, 2.05) is 18.2 Å². The van der Waals surface area contributed by atoms with Crippen LogP contribution in [0.5, 0.6) is 0 Å². The van der Waals surface area contributed by atoms with Crippen molar-refractivity contribution < 1.29 is 4.79 Å². The van der Waals surface area contributed by atoms with Crippen molar-refractivity contribution in [3.63, 3.8) is 0 Å². The highest BCUT2D eigenvalue weighted by atomic mass is 79.9. The van der Waals surface area contributed by atoms with Gasteiger partial charge in [0.2, 0.25) is 0 Å². The monoisotopic (exact) mass is 333 g/mol. The first-order valence-corrected chi connectivity index (χ1v) is 7.08. The lowest BCUT2D eigenvalue weighted by Crippen LogP contribution is -2.29. The third-order valence-corrected chi connectivity index (χ3v) is 3.92. The number of nitrogen functional groups attached to an aromatic ring is 1. The summed E-state index contributed by atoms with van der Waals surface area (Å²) in [7, 11) is 1.78. The van der Waals surface area contributed by atoms with E-state index in [0.717, 1.165) is 12.1 Å². The molecule has 1 heterocycles. The summed E-state index contributed by atoms with van der Waals surface area (Å²) in [5.74, 6) is -0.0555. The fourth-order valence-electron chi connectivity index (χ4n) is 1.85. The van der Waals surface area contributed by atoms with Gasteiger partial charge in [-0.2, -0.15) is 0 Å². The van der Waals surface area contributed by atoms with Crippen LogP contribution >= 0.6 is 15.9 Å². The minimum absolute atomic E-state index is 0.0555. The van der Waals surface area contributed by atoms with E-state index in [1.165, 1.54) is 0 Å². The molecular weight excluding hydrogens is 318 g/mol. The molecule has 1 aromatic carbocycles. The largest absolute Gasteiger partial charge is 0.398 e. The molecule has 0 radical (unpaired) electrons. The first-order chi connectivity index (χ1) is 9.59. The fourth-order valence-corrected chi connectivity index (χ4v) is 2.28. The van der Waals surface area contributed by atoms with E-state index in [1.54, 1.807) is 36.3 Å². The molecule has 0 saturated heterocycles. The second-order valence-electron chi connectivity index (χ2n) is 4.51. The number of aromatic nitrogens is 1. The van der Waals surface area contributed by atoms with E-state index in [0.29, 0.717) is 22.3 Å². The van der Waals surface area contributed by atoms with Gasteiger partial charge in [0, 0.05) is 37.6 Å². The lowest BCUT2D eigenvalue weighted by molar-refractivity contribution is 0.0795. The number of halogens is 1. The molecule has 0 aliphatic carbocycles. The van der Waals surface area contributed by atoms with Gasteiger partial charge in [-0.15, -0.1) is 0 Å². The van der Waals surface area contributed by atoms with Gasteiger partial charge in [0.05, 0.1) is 10.0 Å². The SMILES string of the molecule is CN(CCc1ccccn1)C(=O)c1cccc(N)c1Br. The number of benzene rings is 1. The van der Waals surface area contributed by atoms with Crippen LogP contribution in [0, 0.1) is 0 Å². The molecule has 2 rings (SSSR count). The van der Waals surface area contributed by atoms with E-state index in [2.05, 4.69) is 20.9 Å². The Bertz CT molecular complexity index is 601. The van der Waals surface area contributed by atoms with E-state index in [-0.39, 0.29) is 5.91 Å². The predicted molar refractivity (Wildman–Crippen MR) is 83.5 cm³/mol. The van der Waals surface area contributed by atoms with Crippen LogP contribution < -0.4 is 5.73 Å². The molecule has 1 aromatic heterocycles. The smallest absolute Gasteiger partial charge is 0.254 e. The van der Waals surface area contributed by atoms with Crippen LogP contribution in [0.1, 0.15) is 16.1 Å². The van der Waals surface area contributed by atoms with Crippen molar-refractivity contribution in [1.82, 2.24) is 9.88 Å². The highest BCUT2D eigenvalue weighted by Crippen LogP contribution is 2.24. The molecule has 0 aliphatic heterocycles. The van der Waals surface area contributed by atoms with E-state index in [9.17, 15) is 4.79 Å². The maximum absolute atomic E-state index is 12.4. The Morgan fingerprint density at radius 2 is 2.10 bits per heavy atom. The van der Waals surface area contributed by atoms with Crippen LogP contribution in [0.2, 0.25) is 0 Å². The lowest BCUT2D eigenvalue weighted by atomic mass is 10.1. The van der Waals surface area contributed by atoms with Crippen LogP contribution in [0.3, 0.4) is 0 Å². The van der Waals surface area contributed by atoms with Crippen molar-refractivity contribution in [1.29, 1.82) is 0 Å². The zero-order valence-electron chi connectivity index (χ0n) is 11.2. The zero-order chi connectivity index (χ0) is 14.5. The number of pyridine rings is 1. The summed E-state index contributed by atoms with van der Waals surface area (Å²) >= 11 is 3.36. The number of rotatable bonds is 4. The Morgan fingerprint density at radius 1 is 1.30 bits per heavy atom. The highest BCUT2D eigenvalue weighted by Gasteiger charge is 2.15. The van der Waals surface area contributed by atoms with Crippen molar-refractivity contribution in [3.8, 4) is 0 Å². The van der Waals surface area contributed by atoms with Gasteiger partial charge in [0.1, 0.15) is 0 Å². The van der Waals surface area contributed by atoms with Crippen molar-refractivity contribution in [3.05, 3.63) is 58.3 Å². The van der Waals surface area contributed by atoms with Crippen molar-refractivity contribution in [2.75, 3.05) is 19.3 Å². The number of likely N-dealkylation sites (N-methyl/N-ethyl adjacent to an activating group) is 1. The summed E-state index contributed by atoms with van der Waals surface area (Å²) in [5.41, 5.74) is 7.91. The third-order valence-electron chi connectivity index (χ3n) is 3.04. The molecular formula is C15H16BrN3O. The number of anilines is 1. The maximum atomic E-state index is 12.4. The number of carbonyl (C=O) groups excluding carboxylic acids is 1. The minimum atomic E-state index is -0.0555. The Kier molecular flexibility index (Phi) is 4.74. The van der Waals surface area contributed by atoms with Gasteiger partial charge in [0.25, 0.3) is 5.91 Å². The molecule has 0 aliphatic rings. The van der Waals surface area contributed by atoms with Crippen LogP contribution in [0.25, 0.3) is 0 Å². The maximum Gasteiger partial charge on any atom is 0.254 e. The molecule has 0 fully saturated rings. The van der Waals surface area contributed by atoms with Gasteiger partial charge in [0.15, 0.2) is 0 Å². The molecule has 0 bridgehead atoms. The molecule has 0 spiro atoms.